The molecule has 0 radical (unpaired) electrons. The van der Waals surface area contributed by atoms with Crippen molar-refractivity contribution in [2.24, 2.45) is 11.7 Å². The SMILES string of the molecule is CCC1CCC(NS(=O)(=O)c2ccc(CN)c(C)c2)CC1. The number of aryl methyl sites for hydroxylation is 1. The second kappa shape index (κ2) is 6.90. The monoisotopic (exact) mass is 310 g/mol. The van der Waals surface area contributed by atoms with Crippen LogP contribution in [0.4, 0.5) is 0 Å². The van der Waals surface area contributed by atoms with Crippen LogP contribution in [0.1, 0.15) is 50.2 Å². The lowest BCUT2D eigenvalue weighted by Gasteiger charge is -2.28. The van der Waals surface area contributed by atoms with E-state index in [0.29, 0.717) is 11.4 Å². The summed E-state index contributed by atoms with van der Waals surface area (Å²) in [4.78, 5) is 0.342. The maximum absolute atomic E-state index is 12.5. The summed E-state index contributed by atoms with van der Waals surface area (Å²) < 4.78 is 27.8. The van der Waals surface area contributed by atoms with Crippen LogP contribution in [0.2, 0.25) is 0 Å². The average Bonchev–Trinajstić information content (AvgIpc) is 2.47. The molecule has 2 rings (SSSR count). The van der Waals surface area contributed by atoms with E-state index >= 15 is 0 Å². The Bertz CT molecular complexity index is 576. The molecule has 0 saturated heterocycles. The molecule has 0 bridgehead atoms. The van der Waals surface area contributed by atoms with Gasteiger partial charge in [-0.1, -0.05) is 19.4 Å². The van der Waals surface area contributed by atoms with Gasteiger partial charge in [0, 0.05) is 12.6 Å². The Hall–Kier alpha value is -0.910. The summed E-state index contributed by atoms with van der Waals surface area (Å²) in [5, 5.41) is 0. The van der Waals surface area contributed by atoms with Crippen LogP contribution in [-0.4, -0.2) is 14.5 Å². The fourth-order valence-electron chi connectivity index (χ4n) is 3.04. The van der Waals surface area contributed by atoms with Crippen LogP contribution in [0.25, 0.3) is 0 Å². The van der Waals surface area contributed by atoms with Gasteiger partial charge in [0.2, 0.25) is 10.0 Å². The van der Waals surface area contributed by atoms with Crippen molar-refractivity contribution in [3.8, 4) is 0 Å². The Morgan fingerprint density at radius 2 is 1.90 bits per heavy atom. The lowest BCUT2D eigenvalue weighted by atomic mass is 9.85. The van der Waals surface area contributed by atoms with Crippen molar-refractivity contribution in [2.45, 2.75) is 63.4 Å². The summed E-state index contributed by atoms with van der Waals surface area (Å²) >= 11 is 0. The van der Waals surface area contributed by atoms with Gasteiger partial charge in [-0.05, 0) is 61.8 Å². The van der Waals surface area contributed by atoms with E-state index in [1.807, 2.05) is 6.92 Å². The topological polar surface area (TPSA) is 72.2 Å². The van der Waals surface area contributed by atoms with E-state index in [-0.39, 0.29) is 6.04 Å². The molecule has 0 spiro atoms. The fraction of sp³-hybridized carbons (Fsp3) is 0.625. The largest absolute Gasteiger partial charge is 0.326 e. The van der Waals surface area contributed by atoms with Crippen molar-refractivity contribution in [3.63, 3.8) is 0 Å². The molecule has 4 nitrogen and oxygen atoms in total. The highest BCUT2D eigenvalue weighted by atomic mass is 32.2. The first-order valence-corrected chi connectivity index (χ1v) is 9.26. The highest BCUT2D eigenvalue weighted by Crippen LogP contribution is 2.27. The maximum Gasteiger partial charge on any atom is 0.240 e. The molecule has 1 fully saturated rings. The van der Waals surface area contributed by atoms with E-state index in [2.05, 4.69) is 11.6 Å². The smallest absolute Gasteiger partial charge is 0.240 e. The summed E-state index contributed by atoms with van der Waals surface area (Å²) in [6.45, 7) is 4.53. The molecular weight excluding hydrogens is 284 g/mol. The van der Waals surface area contributed by atoms with E-state index in [9.17, 15) is 8.42 Å². The van der Waals surface area contributed by atoms with Gasteiger partial charge in [0.15, 0.2) is 0 Å². The molecule has 3 N–H and O–H groups in total. The molecule has 1 aromatic rings. The van der Waals surface area contributed by atoms with Gasteiger partial charge >= 0.3 is 0 Å². The van der Waals surface area contributed by atoms with E-state index < -0.39 is 10.0 Å². The molecule has 1 aliphatic carbocycles. The minimum atomic E-state index is -3.42. The molecule has 21 heavy (non-hydrogen) atoms. The zero-order valence-electron chi connectivity index (χ0n) is 12.9. The maximum atomic E-state index is 12.5. The lowest BCUT2D eigenvalue weighted by molar-refractivity contribution is 0.306. The van der Waals surface area contributed by atoms with Crippen LogP contribution in [0.15, 0.2) is 23.1 Å². The third-order valence-corrected chi connectivity index (χ3v) is 6.11. The molecule has 118 valence electrons. The molecule has 0 aromatic heterocycles. The van der Waals surface area contributed by atoms with Gasteiger partial charge in [0.1, 0.15) is 0 Å². The predicted molar refractivity (Wildman–Crippen MR) is 85.4 cm³/mol. The molecule has 1 aliphatic rings. The highest BCUT2D eigenvalue weighted by Gasteiger charge is 2.25. The minimum Gasteiger partial charge on any atom is -0.326 e. The Morgan fingerprint density at radius 3 is 2.43 bits per heavy atom. The normalized spacial score (nSPS) is 23.2. The number of benzene rings is 1. The van der Waals surface area contributed by atoms with Crippen LogP contribution < -0.4 is 10.5 Å². The molecule has 0 unspecified atom stereocenters. The molecule has 1 saturated carbocycles. The molecule has 5 heteroatoms. The summed E-state index contributed by atoms with van der Waals surface area (Å²) in [5.41, 5.74) is 7.53. The third-order valence-electron chi connectivity index (χ3n) is 4.59. The van der Waals surface area contributed by atoms with Crippen molar-refractivity contribution < 1.29 is 8.42 Å². The first-order chi connectivity index (χ1) is 9.96. The minimum absolute atomic E-state index is 0.0762. The predicted octanol–water partition coefficient (Wildman–Crippen LogP) is 2.70. The molecule has 0 aliphatic heterocycles. The average molecular weight is 310 g/mol. The lowest BCUT2D eigenvalue weighted by Crippen LogP contribution is -2.37. The van der Waals surface area contributed by atoms with Crippen molar-refractivity contribution in [1.29, 1.82) is 0 Å². The molecular formula is C16H26N2O2S. The Labute approximate surface area is 128 Å². The summed E-state index contributed by atoms with van der Waals surface area (Å²) in [5.74, 6) is 0.761. The van der Waals surface area contributed by atoms with Gasteiger partial charge < -0.3 is 5.73 Å². The quantitative estimate of drug-likeness (QED) is 0.878. The van der Waals surface area contributed by atoms with Gasteiger partial charge in [0.05, 0.1) is 4.90 Å². The van der Waals surface area contributed by atoms with E-state index in [0.717, 1.165) is 42.7 Å². The van der Waals surface area contributed by atoms with Crippen LogP contribution in [0.5, 0.6) is 0 Å². The molecule has 0 atom stereocenters. The first kappa shape index (κ1) is 16.5. The van der Waals surface area contributed by atoms with Gasteiger partial charge in [-0.2, -0.15) is 0 Å². The summed E-state index contributed by atoms with van der Waals surface area (Å²) in [6.07, 6.45) is 5.32. The summed E-state index contributed by atoms with van der Waals surface area (Å²) in [6, 6.07) is 5.24. The van der Waals surface area contributed by atoms with Crippen LogP contribution in [0.3, 0.4) is 0 Å². The Balaban J connectivity index is 2.07. The summed E-state index contributed by atoms with van der Waals surface area (Å²) in [7, 11) is -3.42. The van der Waals surface area contributed by atoms with Gasteiger partial charge in [-0.3, -0.25) is 0 Å². The highest BCUT2D eigenvalue weighted by molar-refractivity contribution is 7.89. The van der Waals surface area contributed by atoms with Gasteiger partial charge in [-0.25, -0.2) is 13.1 Å². The zero-order chi connectivity index (χ0) is 15.5. The Kier molecular flexibility index (Phi) is 5.41. The zero-order valence-corrected chi connectivity index (χ0v) is 13.7. The number of rotatable bonds is 5. The van der Waals surface area contributed by atoms with E-state index in [1.54, 1.807) is 18.2 Å². The number of sulfonamides is 1. The third kappa shape index (κ3) is 4.05. The second-order valence-corrected chi connectivity index (χ2v) is 7.75. The molecule has 0 amide bonds. The van der Waals surface area contributed by atoms with Crippen molar-refractivity contribution >= 4 is 10.0 Å². The van der Waals surface area contributed by atoms with Crippen molar-refractivity contribution in [3.05, 3.63) is 29.3 Å². The fourth-order valence-corrected chi connectivity index (χ4v) is 4.43. The number of nitrogens with one attached hydrogen (secondary N) is 1. The number of hydrogen-bond acceptors (Lipinski definition) is 3. The van der Waals surface area contributed by atoms with Crippen molar-refractivity contribution in [1.82, 2.24) is 4.72 Å². The van der Waals surface area contributed by atoms with Crippen LogP contribution in [0, 0.1) is 12.8 Å². The van der Waals surface area contributed by atoms with Crippen LogP contribution in [-0.2, 0) is 16.6 Å². The van der Waals surface area contributed by atoms with E-state index in [4.69, 9.17) is 5.73 Å². The Morgan fingerprint density at radius 1 is 1.24 bits per heavy atom. The second-order valence-electron chi connectivity index (χ2n) is 6.04. The first-order valence-electron chi connectivity index (χ1n) is 7.78. The van der Waals surface area contributed by atoms with Crippen molar-refractivity contribution in [2.75, 3.05) is 0 Å². The standard InChI is InChI=1S/C16H26N2O2S/c1-3-13-4-7-15(8-5-13)18-21(19,20)16-9-6-14(11-17)12(2)10-16/h6,9-10,13,15,18H,3-5,7-8,11,17H2,1-2H3. The number of nitrogens with two attached hydrogens (primary N) is 1. The number of hydrogen-bond donors (Lipinski definition) is 2. The van der Waals surface area contributed by atoms with E-state index in [1.165, 1.54) is 6.42 Å². The van der Waals surface area contributed by atoms with Gasteiger partial charge in [-0.15, -0.1) is 0 Å². The van der Waals surface area contributed by atoms with Crippen LogP contribution >= 0.6 is 0 Å². The molecule has 1 aromatic carbocycles. The molecule has 0 heterocycles. The van der Waals surface area contributed by atoms with Gasteiger partial charge in [0.25, 0.3) is 0 Å².